The minimum Gasteiger partial charge on any atom is -0.456 e. The zero-order valence-electron chi connectivity index (χ0n) is 30.5. The maximum atomic E-state index is 6.49. The van der Waals surface area contributed by atoms with Crippen molar-refractivity contribution in [3.8, 4) is 45.5 Å². The van der Waals surface area contributed by atoms with Gasteiger partial charge in [0.05, 0.1) is 22.1 Å². The van der Waals surface area contributed by atoms with Crippen molar-refractivity contribution in [3.63, 3.8) is 0 Å². The molecule has 6 heteroatoms. The Labute approximate surface area is 326 Å². The molecule has 0 radical (unpaired) electrons. The molecule has 266 valence electrons. The van der Waals surface area contributed by atoms with Crippen molar-refractivity contribution >= 4 is 65.6 Å². The highest BCUT2D eigenvalue weighted by atomic mass is 16.3. The van der Waals surface area contributed by atoms with Crippen LogP contribution in [0.25, 0.3) is 111 Å². The maximum Gasteiger partial charge on any atom is 0.238 e. The van der Waals surface area contributed by atoms with Gasteiger partial charge in [-0.25, -0.2) is 4.98 Å². The molecule has 0 saturated heterocycles. The summed E-state index contributed by atoms with van der Waals surface area (Å²) in [6, 6.07) is 65.6. The maximum absolute atomic E-state index is 6.49. The van der Waals surface area contributed by atoms with Gasteiger partial charge in [0.15, 0.2) is 11.6 Å². The van der Waals surface area contributed by atoms with Gasteiger partial charge in [0.1, 0.15) is 11.2 Å². The molecule has 0 aliphatic rings. The molecule has 4 aromatic heterocycles. The van der Waals surface area contributed by atoms with E-state index in [9.17, 15) is 0 Å². The summed E-state index contributed by atoms with van der Waals surface area (Å²) in [5.41, 5.74) is 11.1. The molecular weight excluding hydrogens is 699 g/mol. The van der Waals surface area contributed by atoms with Gasteiger partial charge in [-0.2, -0.15) is 9.97 Å². The topological polar surface area (TPSA) is 61.7 Å². The molecule has 0 aliphatic heterocycles. The van der Waals surface area contributed by atoms with E-state index in [1.807, 2.05) is 48.5 Å². The fourth-order valence-electron chi connectivity index (χ4n) is 8.53. The number of nitrogens with zero attached hydrogens (tertiary/aromatic N) is 5. The number of hydrogen-bond acceptors (Lipinski definition) is 4. The summed E-state index contributed by atoms with van der Waals surface area (Å²) in [4.78, 5) is 15.6. The fourth-order valence-corrected chi connectivity index (χ4v) is 8.53. The highest BCUT2D eigenvalue weighted by Gasteiger charge is 2.22. The van der Waals surface area contributed by atoms with Crippen LogP contribution in [0, 0.1) is 0 Å². The Morgan fingerprint density at radius 3 is 1.54 bits per heavy atom. The van der Waals surface area contributed by atoms with Crippen molar-refractivity contribution in [2.45, 2.75) is 0 Å². The number of rotatable bonds is 5. The normalized spacial score (nSPS) is 11.9. The highest BCUT2D eigenvalue weighted by Crippen LogP contribution is 2.40. The first kappa shape index (κ1) is 31.5. The predicted molar refractivity (Wildman–Crippen MR) is 232 cm³/mol. The molecule has 6 nitrogen and oxygen atoms in total. The standard InChI is InChI=1S/C51H31N5O/c1-3-13-32(14-4-1)33-23-25-35(26-24-33)50-52-49(34-15-5-2-6-16-34)53-51(54-50)56-45-29-36(55-43-20-10-7-17-37(43)38-18-8-11-21-44(38)55)27-28-39(45)41-30-42-40-19-9-12-22-47(40)57-48(42)31-46(41)56/h1-31H. The van der Waals surface area contributed by atoms with E-state index in [0.29, 0.717) is 17.6 Å². The van der Waals surface area contributed by atoms with Gasteiger partial charge in [-0.05, 0) is 47.5 Å². The van der Waals surface area contributed by atoms with Crippen LogP contribution < -0.4 is 0 Å². The van der Waals surface area contributed by atoms with Gasteiger partial charge >= 0.3 is 0 Å². The van der Waals surface area contributed by atoms with Crippen molar-refractivity contribution in [2.75, 3.05) is 0 Å². The van der Waals surface area contributed by atoms with Crippen LogP contribution in [-0.2, 0) is 0 Å². The monoisotopic (exact) mass is 729 g/mol. The second kappa shape index (κ2) is 12.3. The van der Waals surface area contributed by atoms with Crippen molar-refractivity contribution in [3.05, 3.63) is 188 Å². The average molecular weight is 730 g/mol. The van der Waals surface area contributed by atoms with Gasteiger partial charge in [-0.3, -0.25) is 4.57 Å². The molecule has 0 unspecified atom stereocenters. The van der Waals surface area contributed by atoms with Gasteiger partial charge in [0, 0.05) is 55.2 Å². The molecule has 0 spiro atoms. The Balaban J connectivity index is 1.15. The summed E-state index contributed by atoms with van der Waals surface area (Å²) in [6.07, 6.45) is 0. The van der Waals surface area contributed by atoms with Crippen LogP contribution in [0.2, 0.25) is 0 Å². The molecule has 12 aromatic rings. The number of benzene rings is 8. The molecule has 0 fully saturated rings. The van der Waals surface area contributed by atoms with Gasteiger partial charge in [0.25, 0.3) is 0 Å². The Kier molecular flexibility index (Phi) is 6.83. The van der Waals surface area contributed by atoms with Crippen LogP contribution in [0.5, 0.6) is 0 Å². The Bertz CT molecular complexity index is 3450. The average Bonchev–Trinajstić information content (AvgIpc) is 3.93. The zero-order chi connectivity index (χ0) is 37.5. The molecule has 0 N–H and O–H groups in total. The van der Waals surface area contributed by atoms with Crippen LogP contribution in [0.4, 0.5) is 0 Å². The van der Waals surface area contributed by atoms with Crippen LogP contribution in [0.1, 0.15) is 0 Å². The smallest absolute Gasteiger partial charge is 0.238 e. The van der Waals surface area contributed by atoms with Crippen LogP contribution in [0.15, 0.2) is 192 Å². The van der Waals surface area contributed by atoms with E-state index in [-0.39, 0.29) is 0 Å². The van der Waals surface area contributed by atoms with Crippen molar-refractivity contribution in [1.29, 1.82) is 0 Å². The second-order valence-electron chi connectivity index (χ2n) is 14.5. The SMILES string of the molecule is c1ccc(-c2ccc(-c3nc(-c4ccccc4)nc(-n4c5cc(-n6c7ccccc7c7ccccc76)ccc5c5cc6c(cc54)oc4ccccc46)n3)cc2)cc1. The second-order valence-corrected chi connectivity index (χ2v) is 14.5. The van der Waals surface area contributed by atoms with Crippen molar-refractivity contribution in [2.24, 2.45) is 0 Å². The lowest BCUT2D eigenvalue weighted by Gasteiger charge is -2.12. The first-order valence-electron chi connectivity index (χ1n) is 19.1. The van der Waals surface area contributed by atoms with Crippen molar-refractivity contribution in [1.82, 2.24) is 24.1 Å². The van der Waals surface area contributed by atoms with E-state index >= 15 is 0 Å². The molecule has 0 bridgehead atoms. The van der Waals surface area contributed by atoms with E-state index < -0.39 is 0 Å². The number of fused-ring (bicyclic) bond motifs is 9. The number of aromatic nitrogens is 5. The number of furan rings is 1. The lowest BCUT2D eigenvalue weighted by atomic mass is 10.0. The largest absolute Gasteiger partial charge is 0.456 e. The summed E-state index contributed by atoms with van der Waals surface area (Å²) >= 11 is 0. The fraction of sp³-hybridized carbons (Fsp3) is 0. The third-order valence-corrected chi connectivity index (χ3v) is 11.2. The third-order valence-electron chi connectivity index (χ3n) is 11.2. The summed E-state index contributed by atoms with van der Waals surface area (Å²) in [7, 11) is 0. The van der Waals surface area contributed by atoms with Crippen LogP contribution in [-0.4, -0.2) is 24.1 Å². The summed E-state index contributed by atoms with van der Waals surface area (Å²) in [6.45, 7) is 0. The van der Waals surface area contributed by atoms with Crippen LogP contribution >= 0.6 is 0 Å². The summed E-state index contributed by atoms with van der Waals surface area (Å²) in [5, 5.41) is 6.78. The molecule has 57 heavy (non-hydrogen) atoms. The summed E-state index contributed by atoms with van der Waals surface area (Å²) < 4.78 is 11.0. The lowest BCUT2D eigenvalue weighted by Crippen LogP contribution is -2.06. The Morgan fingerprint density at radius 1 is 0.316 bits per heavy atom. The van der Waals surface area contributed by atoms with E-state index in [1.165, 1.54) is 10.8 Å². The first-order chi connectivity index (χ1) is 28.2. The molecular formula is C51H31N5O. The van der Waals surface area contributed by atoms with Gasteiger partial charge in [-0.1, -0.05) is 146 Å². The van der Waals surface area contributed by atoms with Crippen molar-refractivity contribution < 1.29 is 4.42 Å². The van der Waals surface area contributed by atoms with E-state index in [1.54, 1.807) is 0 Å². The molecule has 8 aromatic carbocycles. The molecule has 12 rings (SSSR count). The quantitative estimate of drug-likeness (QED) is 0.177. The van der Waals surface area contributed by atoms with E-state index in [2.05, 4.69) is 149 Å². The van der Waals surface area contributed by atoms with Gasteiger partial charge in [-0.15, -0.1) is 0 Å². The Hall–Kier alpha value is -7.83. The van der Waals surface area contributed by atoms with Gasteiger partial charge < -0.3 is 8.98 Å². The third kappa shape index (κ3) is 4.94. The zero-order valence-corrected chi connectivity index (χ0v) is 30.5. The molecule has 0 atom stereocenters. The van der Waals surface area contributed by atoms with E-state index in [0.717, 1.165) is 82.7 Å². The summed E-state index contributed by atoms with van der Waals surface area (Å²) in [5.74, 6) is 1.72. The highest BCUT2D eigenvalue weighted by molar-refractivity contribution is 6.18. The minimum atomic E-state index is 0.529. The van der Waals surface area contributed by atoms with Gasteiger partial charge in [0.2, 0.25) is 5.95 Å². The molecule has 0 aliphatic carbocycles. The lowest BCUT2D eigenvalue weighted by molar-refractivity contribution is 0.669. The minimum absolute atomic E-state index is 0.529. The molecule has 0 saturated carbocycles. The molecule has 4 heterocycles. The first-order valence-corrected chi connectivity index (χ1v) is 19.1. The van der Waals surface area contributed by atoms with Crippen LogP contribution in [0.3, 0.4) is 0 Å². The molecule has 0 amide bonds. The Morgan fingerprint density at radius 2 is 0.842 bits per heavy atom. The number of para-hydroxylation sites is 3. The predicted octanol–water partition coefficient (Wildman–Crippen LogP) is 13.0. The van der Waals surface area contributed by atoms with E-state index in [4.69, 9.17) is 19.4 Å². The number of hydrogen-bond donors (Lipinski definition) is 0.